The van der Waals surface area contributed by atoms with Crippen LogP contribution in [-0.2, 0) is 0 Å². The van der Waals surface area contributed by atoms with Crippen LogP contribution in [0.25, 0.3) is 0 Å². The van der Waals surface area contributed by atoms with Crippen molar-refractivity contribution >= 4 is 17.4 Å². The van der Waals surface area contributed by atoms with Gasteiger partial charge in [0.25, 0.3) is 5.69 Å². The summed E-state index contributed by atoms with van der Waals surface area (Å²) in [6.07, 6.45) is 0. The van der Waals surface area contributed by atoms with Gasteiger partial charge in [0.1, 0.15) is 5.69 Å². The SMILES string of the molecule is CC(C)C(CNC(=O)Nc1ccccc1[N+](=O)[O-])N(C)C. The van der Waals surface area contributed by atoms with Gasteiger partial charge in [-0.1, -0.05) is 26.0 Å². The fraction of sp³-hybridized carbons (Fsp3) is 0.500. The van der Waals surface area contributed by atoms with Gasteiger partial charge in [-0.05, 0) is 26.1 Å². The minimum atomic E-state index is -0.521. The van der Waals surface area contributed by atoms with E-state index in [-0.39, 0.29) is 17.4 Å². The van der Waals surface area contributed by atoms with E-state index in [0.29, 0.717) is 12.5 Å². The number of para-hydroxylation sites is 2. The minimum absolute atomic E-state index is 0.124. The van der Waals surface area contributed by atoms with Crippen LogP contribution in [0.3, 0.4) is 0 Å². The molecule has 2 N–H and O–H groups in total. The molecule has 1 aromatic rings. The fourth-order valence-electron chi connectivity index (χ4n) is 2.12. The molecule has 0 aliphatic rings. The molecule has 0 aliphatic heterocycles. The van der Waals surface area contributed by atoms with Crippen LogP contribution >= 0.6 is 0 Å². The molecule has 1 aromatic carbocycles. The van der Waals surface area contributed by atoms with Crippen molar-refractivity contribution in [1.82, 2.24) is 10.2 Å². The lowest BCUT2D eigenvalue weighted by atomic mass is 10.0. The summed E-state index contributed by atoms with van der Waals surface area (Å²) in [6, 6.07) is 5.80. The summed E-state index contributed by atoms with van der Waals surface area (Å²) >= 11 is 0. The number of carbonyl (C=O) groups excluding carboxylic acids is 1. The van der Waals surface area contributed by atoms with Crippen LogP contribution < -0.4 is 10.6 Å². The number of hydrogen-bond acceptors (Lipinski definition) is 4. The number of urea groups is 1. The number of amides is 2. The number of carbonyl (C=O) groups is 1. The van der Waals surface area contributed by atoms with Gasteiger partial charge in [0.15, 0.2) is 0 Å². The van der Waals surface area contributed by atoms with Crippen molar-refractivity contribution in [3.05, 3.63) is 34.4 Å². The number of likely N-dealkylation sites (N-methyl/N-ethyl adjacent to an activating group) is 1. The Morgan fingerprint density at radius 1 is 1.33 bits per heavy atom. The molecular formula is C14H22N4O3. The van der Waals surface area contributed by atoms with Crippen LogP contribution in [0.1, 0.15) is 13.8 Å². The quantitative estimate of drug-likeness (QED) is 0.622. The summed E-state index contributed by atoms with van der Waals surface area (Å²) in [7, 11) is 3.90. The highest BCUT2D eigenvalue weighted by Gasteiger charge is 2.18. The second-order valence-electron chi connectivity index (χ2n) is 5.38. The molecule has 7 nitrogen and oxygen atoms in total. The number of nitro benzene ring substituents is 1. The zero-order valence-electron chi connectivity index (χ0n) is 12.8. The van der Waals surface area contributed by atoms with Gasteiger partial charge < -0.3 is 15.5 Å². The van der Waals surface area contributed by atoms with Crippen LogP contribution in [0.2, 0.25) is 0 Å². The van der Waals surface area contributed by atoms with Gasteiger partial charge in [-0.2, -0.15) is 0 Å². The number of anilines is 1. The molecule has 0 aliphatic carbocycles. The number of rotatable bonds is 6. The smallest absolute Gasteiger partial charge is 0.319 e. The summed E-state index contributed by atoms with van der Waals surface area (Å²) in [5, 5.41) is 16.1. The Morgan fingerprint density at radius 3 is 2.48 bits per heavy atom. The Bertz CT molecular complexity index is 495. The second kappa shape index (κ2) is 7.58. The first-order valence-electron chi connectivity index (χ1n) is 6.77. The molecule has 21 heavy (non-hydrogen) atoms. The van der Waals surface area contributed by atoms with Crippen molar-refractivity contribution in [1.29, 1.82) is 0 Å². The maximum Gasteiger partial charge on any atom is 0.319 e. The number of benzene rings is 1. The third-order valence-electron chi connectivity index (χ3n) is 3.25. The Labute approximate surface area is 124 Å². The minimum Gasteiger partial charge on any atom is -0.336 e. The van der Waals surface area contributed by atoms with E-state index in [4.69, 9.17) is 0 Å². The van der Waals surface area contributed by atoms with E-state index in [0.717, 1.165) is 0 Å². The van der Waals surface area contributed by atoms with Crippen LogP contribution in [0, 0.1) is 16.0 Å². The maximum atomic E-state index is 11.9. The fourth-order valence-corrected chi connectivity index (χ4v) is 2.12. The van der Waals surface area contributed by atoms with Gasteiger partial charge in [0, 0.05) is 18.7 Å². The number of nitrogens with one attached hydrogen (secondary N) is 2. The molecule has 116 valence electrons. The van der Waals surface area contributed by atoms with Gasteiger partial charge in [-0.3, -0.25) is 10.1 Å². The zero-order chi connectivity index (χ0) is 16.0. The summed E-state index contributed by atoms with van der Waals surface area (Å²) in [6.45, 7) is 4.62. The van der Waals surface area contributed by atoms with Gasteiger partial charge in [-0.25, -0.2) is 4.79 Å². The predicted molar refractivity (Wildman–Crippen MR) is 82.4 cm³/mol. The molecule has 2 amide bonds. The summed E-state index contributed by atoms with van der Waals surface area (Å²) in [4.78, 5) is 24.3. The molecule has 0 spiro atoms. The predicted octanol–water partition coefficient (Wildman–Crippen LogP) is 2.30. The second-order valence-corrected chi connectivity index (χ2v) is 5.38. The average molecular weight is 294 g/mol. The summed E-state index contributed by atoms with van der Waals surface area (Å²) in [5.74, 6) is 0.381. The van der Waals surface area contributed by atoms with Gasteiger partial charge in [-0.15, -0.1) is 0 Å². The highest BCUT2D eigenvalue weighted by atomic mass is 16.6. The first-order valence-corrected chi connectivity index (χ1v) is 6.77. The third kappa shape index (κ3) is 5.03. The van der Waals surface area contributed by atoms with E-state index < -0.39 is 11.0 Å². The van der Waals surface area contributed by atoms with Crippen molar-refractivity contribution in [3.63, 3.8) is 0 Å². The topological polar surface area (TPSA) is 87.5 Å². The van der Waals surface area contributed by atoms with E-state index in [2.05, 4.69) is 24.5 Å². The first kappa shape index (κ1) is 16.9. The highest BCUT2D eigenvalue weighted by Crippen LogP contribution is 2.22. The molecule has 0 aromatic heterocycles. The number of nitro groups is 1. The monoisotopic (exact) mass is 294 g/mol. The van der Waals surface area contributed by atoms with Gasteiger partial charge in [0.05, 0.1) is 4.92 Å². The highest BCUT2D eigenvalue weighted by molar-refractivity contribution is 5.91. The molecule has 0 bridgehead atoms. The maximum absolute atomic E-state index is 11.9. The van der Waals surface area contributed by atoms with E-state index in [1.807, 2.05) is 19.0 Å². The lowest BCUT2D eigenvalue weighted by Gasteiger charge is -2.28. The third-order valence-corrected chi connectivity index (χ3v) is 3.25. The van der Waals surface area contributed by atoms with E-state index in [9.17, 15) is 14.9 Å². The first-order chi connectivity index (χ1) is 9.82. The number of hydrogen-bond donors (Lipinski definition) is 2. The van der Waals surface area contributed by atoms with Gasteiger partial charge in [0.2, 0.25) is 0 Å². The van der Waals surface area contributed by atoms with E-state index >= 15 is 0 Å². The molecule has 1 unspecified atom stereocenters. The molecule has 0 saturated carbocycles. The van der Waals surface area contributed by atoms with Crippen molar-refractivity contribution in [2.45, 2.75) is 19.9 Å². The molecule has 1 atom stereocenters. The lowest BCUT2D eigenvalue weighted by molar-refractivity contribution is -0.383. The summed E-state index contributed by atoms with van der Waals surface area (Å²) in [5.41, 5.74) is 0.0617. The Morgan fingerprint density at radius 2 is 1.95 bits per heavy atom. The molecule has 1 rings (SSSR count). The normalized spacial score (nSPS) is 12.3. The summed E-state index contributed by atoms with van der Waals surface area (Å²) < 4.78 is 0. The molecule has 0 saturated heterocycles. The largest absolute Gasteiger partial charge is 0.336 e. The average Bonchev–Trinajstić information content (AvgIpc) is 2.38. The standard InChI is InChI=1S/C14H22N4O3/c1-10(2)13(17(3)4)9-15-14(19)16-11-7-5-6-8-12(11)18(20)21/h5-8,10,13H,9H2,1-4H3,(H2,15,16,19). The number of nitrogens with zero attached hydrogens (tertiary/aromatic N) is 2. The molecule has 0 radical (unpaired) electrons. The van der Waals surface area contributed by atoms with Gasteiger partial charge >= 0.3 is 6.03 Å². The Kier molecular flexibility index (Phi) is 6.10. The van der Waals surface area contributed by atoms with Crippen LogP contribution in [0.4, 0.5) is 16.2 Å². The van der Waals surface area contributed by atoms with Crippen LogP contribution in [0.5, 0.6) is 0 Å². The van der Waals surface area contributed by atoms with Crippen molar-refractivity contribution in [2.24, 2.45) is 5.92 Å². The Balaban J connectivity index is 2.64. The molecule has 0 heterocycles. The van der Waals surface area contributed by atoms with Crippen LogP contribution in [0.15, 0.2) is 24.3 Å². The zero-order valence-corrected chi connectivity index (χ0v) is 12.8. The molecule has 0 fully saturated rings. The molecule has 7 heteroatoms. The Hall–Kier alpha value is -2.15. The van der Waals surface area contributed by atoms with Crippen molar-refractivity contribution in [2.75, 3.05) is 26.0 Å². The van der Waals surface area contributed by atoms with E-state index in [1.165, 1.54) is 12.1 Å². The van der Waals surface area contributed by atoms with E-state index in [1.54, 1.807) is 12.1 Å². The van der Waals surface area contributed by atoms with Crippen LogP contribution in [-0.4, -0.2) is 42.5 Å². The lowest BCUT2D eigenvalue weighted by Crippen LogP contribution is -2.44. The van der Waals surface area contributed by atoms with Crippen molar-refractivity contribution < 1.29 is 9.72 Å². The van der Waals surface area contributed by atoms with Crippen molar-refractivity contribution in [3.8, 4) is 0 Å². The molecular weight excluding hydrogens is 272 g/mol.